The lowest BCUT2D eigenvalue weighted by atomic mass is 10.1. The number of aryl methyl sites for hydroxylation is 1. The Labute approximate surface area is 209 Å². The van der Waals surface area contributed by atoms with Crippen molar-refractivity contribution in [2.24, 2.45) is 0 Å². The summed E-state index contributed by atoms with van der Waals surface area (Å²) in [4.78, 5) is 28.0. The number of carbonyl (C=O) groups is 2. The van der Waals surface area contributed by atoms with Gasteiger partial charge in [-0.2, -0.15) is 0 Å². The van der Waals surface area contributed by atoms with Crippen LogP contribution in [-0.4, -0.2) is 63.2 Å². The molecule has 0 fully saturated rings. The summed E-state index contributed by atoms with van der Waals surface area (Å²) >= 11 is 0. The Morgan fingerprint density at radius 3 is 2.26 bits per heavy atom. The third-order valence-electron chi connectivity index (χ3n) is 5.43. The SMILES string of the molecule is COc1ccc(C)cc1N(CC(=O)N(CCc1ccccc1)[C@H](C)C(=O)NC(C)(C)C)S(C)(=O)=O. The maximum atomic E-state index is 13.6. The molecule has 0 aromatic heterocycles. The molecule has 0 unspecified atom stereocenters. The zero-order valence-electron chi connectivity index (χ0n) is 21.7. The molecule has 0 bridgehead atoms. The third kappa shape index (κ3) is 8.28. The van der Waals surface area contributed by atoms with Gasteiger partial charge in [-0.05, 0) is 64.3 Å². The Morgan fingerprint density at radius 2 is 1.71 bits per heavy atom. The van der Waals surface area contributed by atoms with Crippen molar-refractivity contribution in [1.82, 2.24) is 10.2 Å². The molecule has 8 nitrogen and oxygen atoms in total. The normalized spacial score (nSPS) is 12.5. The number of hydrogen-bond acceptors (Lipinski definition) is 5. The molecule has 0 radical (unpaired) electrons. The summed E-state index contributed by atoms with van der Waals surface area (Å²) < 4.78 is 31.9. The van der Waals surface area contributed by atoms with Crippen LogP contribution in [0.15, 0.2) is 48.5 Å². The van der Waals surface area contributed by atoms with Crippen molar-refractivity contribution in [3.05, 3.63) is 59.7 Å². The molecule has 2 aromatic rings. The number of sulfonamides is 1. The van der Waals surface area contributed by atoms with Gasteiger partial charge in [-0.1, -0.05) is 36.4 Å². The van der Waals surface area contributed by atoms with E-state index >= 15 is 0 Å². The fourth-order valence-electron chi connectivity index (χ4n) is 3.63. The molecule has 35 heavy (non-hydrogen) atoms. The predicted octanol–water partition coefficient (Wildman–Crippen LogP) is 3.14. The maximum Gasteiger partial charge on any atom is 0.244 e. The third-order valence-corrected chi connectivity index (χ3v) is 6.56. The molecule has 0 spiro atoms. The van der Waals surface area contributed by atoms with Crippen molar-refractivity contribution in [2.45, 2.75) is 52.6 Å². The van der Waals surface area contributed by atoms with E-state index < -0.39 is 34.1 Å². The van der Waals surface area contributed by atoms with Crippen LogP contribution < -0.4 is 14.4 Å². The first-order valence-electron chi connectivity index (χ1n) is 11.5. The van der Waals surface area contributed by atoms with Crippen molar-refractivity contribution in [3.63, 3.8) is 0 Å². The Hall–Kier alpha value is -3.07. The minimum atomic E-state index is -3.83. The predicted molar refractivity (Wildman–Crippen MR) is 139 cm³/mol. The lowest BCUT2D eigenvalue weighted by Crippen LogP contribution is -2.55. The van der Waals surface area contributed by atoms with E-state index in [4.69, 9.17) is 4.74 Å². The van der Waals surface area contributed by atoms with Crippen LogP contribution in [0.5, 0.6) is 5.75 Å². The molecule has 2 amide bonds. The van der Waals surface area contributed by atoms with Gasteiger partial charge >= 0.3 is 0 Å². The van der Waals surface area contributed by atoms with E-state index in [-0.39, 0.29) is 18.1 Å². The van der Waals surface area contributed by atoms with Crippen molar-refractivity contribution < 1.29 is 22.7 Å². The van der Waals surface area contributed by atoms with Gasteiger partial charge in [0.2, 0.25) is 21.8 Å². The highest BCUT2D eigenvalue weighted by Gasteiger charge is 2.32. The summed E-state index contributed by atoms with van der Waals surface area (Å²) in [6, 6.07) is 14.0. The minimum absolute atomic E-state index is 0.254. The van der Waals surface area contributed by atoms with Crippen LogP contribution in [0.4, 0.5) is 5.69 Å². The smallest absolute Gasteiger partial charge is 0.244 e. The van der Waals surface area contributed by atoms with Crippen LogP contribution in [0.3, 0.4) is 0 Å². The Bertz CT molecular complexity index is 1130. The second-order valence-electron chi connectivity index (χ2n) is 9.68. The van der Waals surface area contributed by atoms with Gasteiger partial charge in [-0.15, -0.1) is 0 Å². The number of rotatable bonds is 10. The van der Waals surface area contributed by atoms with Crippen molar-refractivity contribution in [3.8, 4) is 5.75 Å². The van der Waals surface area contributed by atoms with Crippen molar-refractivity contribution in [2.75, 3.05) is 30.8 Å². The number of amides is 2. The summed E-state index contributed by atoms with van der Waals surface area (Å²) in [6.45, 7) is 8.87. The number of nitrogens with zero attached hydrogens (tertiary/aromatic N) is 2. The first-order valence-corrected chi connectivity index (χ1v) is 13.4. The van der Waals surface area contributed by atoms with Gasteiger partial charge in [0.1, 0.15) is 18.3 Å². The number of anilines is 1. The first kappa shape index (κ1) is 28.2. The van der Waals surface area contributed by atoms with Crippen LogP contribution in [-0.2, 0) is 26.0 Å². The molecule has 0 saturated heterocycles. The number of ether oxygens (including phenoxy) is 1. The zero-order valence-corrected chi connectivity index (χ0v) is 22.5. The van der Waals surface area contributed by atoms with Crippen LogP contribution >= 0.6 is 0 Å². The van der Waals surface area contributed by atoms with Crippen molar-refractivity contribution in [1.29, 1.82) is 0 Å². The second kappa shape index (κ2) is 11.6. The Kier molecular flexibility index (Phi) is 9.31. The lowest BCUT2D eigenvalue weighted by Gasteiger charge is -2.33. The second-order valence-corrected chi connectivity index (χ2v) is 11.6. The number of nitrogens with one attached hydrogen (secondary N) is 1. The van der Waals surface area contributed by atoms with E-state index in [0.29, 0.717) is 12.2 Å². The molecule has 0 aliphatic rings. The number of hydrogen-bond donors (Lipinski definition) is 1. The maximum absolute atomic E-state index is 13.6. The van der Waals surface area contributed by atoms with Crippen LogP contribution in [0.1, 0.15) is 38.8 Å². The highest BCUT2D eigenvalue weighted by atomic mass is 32.2. The van der Waals surface area contributed by atoms with Crippen LogP contribution in [0.2, 0.25) is 0 Å². The molecule has 9 heteroatoms. The highest BCUT2D eigenvalue weighted by molar-refractivity contribution is 7.92. The summed E-state index contributed by atoms with van der Waals surface area (Å²) in [5.74, 6) is -0.451. The summed E-state index contributed by atoms with van der Waals surface area (Å²) in [5, 5.41) is 2.91. The van der Waals surface area contributed by atoms with Crippen LogP contribution in [0, 0.1) is 6.92 Å². The number of benzene rings is 2. The summed E-state index contributed by atoms with van der Waals surface area (Å²) in [5.41, 5.74) is 1.63. The molecule has 0 aliphatic carbocycles. The van der Waals surface area contributed by atoms with Crippen LogP contribution in [0.25, 0.3) is 0 Å². The van der Waals surface area contributed by atoms with Gasteiger partial charge in [-0.3, -0.25) is 13.9 Å². The monoisotopic (exact) mass is 503 g/mol. The van der Waals surface area contributed by atoms with E-state index in [1.807, 2.05) is 58.0 Å². The zero-order chi connectivity index (χ0) is 26.4. The summed E-state index contributed by atoms with van der Waals surface area (Å²) in [7, 11) is -2.39. The van der Waals surface area contributed by atoms with Gasteiger partial charge in [0.05, 0.1) is 19.1 Å². The molecule has 0 aliphatic heterocycles. The van der Waals surface area contributed by atoms with Gasteiger partial charge in [0.15, 0.2) is 0 Å². The summed E-state index contributed by atoms with van der Waals surface area (Å²) in [6.07, 6.45) is 1.57. The van der Waals surface area contributed by atoms with E-state index in [1.54, 1.807) is 25.1 Å². The Balaban J connectivity index is 2.40. The molecule has 2 rings (SSSR count). The largest absolute Gasteiger partial charge is 0.495 e. The number of carbonyl (C=O) groups excluding carboxylic acids is 2. The van der Waals surface area contributed by atoms with E-state index in [9.17, 15) is 18.0 Å². The van der Waals surface area contributed by atoms with E-state index in [2.05, 4.69) is 5.32 Å². The quantitative estimate of drug-likeness (QED) is 0.537. The fraction of sp³-hybridized carbons (Fsp3) is 0.462. The molecule has 0 saturated carbocycles. The van der Waals surface area contributed by atoms with Gasteiger partial charge in [-0.25, -0.2) is 8.42 Å². The van der Waals surface area contributed by atoms with Crippen molar-refractivity contribution >= 4 is 27.5 Å². The molecule has 1 atom stereocenters. The van der Waals surface area contributed by atoms with Gasteiger partial charge in [0.25, 0.3) is 0 Å². The Morgan fingerprint density at radius 1 is 1.09 bits per heavy atom. The molecule has 192 valence electrons. The number of methoxy groups -OCH3 is 1. The average molecular weight is 504 g/mol. The molecular formula is C26H37N3O5S. The average Bonchev–Trinajstić information content (AvgIpc) is 2.76. The van der Waals surface area contributed by atoms with E-state index in [0.717, 1.165) is 21.7 Å². The van der Waals surface area contributed by atoms with Gasteiger partial charge in [0, 0.05) is 12.1 Å². The highest BCUT2D eigenvalue weighted by Crippen LogP contribution is 2.31. The fourth-order valence-corrected chi connectivity index (χ4v) is 4.48. The van der Waals surface area contributed by atoms with Gasteiger partial charge < -0.3 is 15.0 Å². The molecule has 2 aromatic carbocycles. The minimum Gasteiger partial charge on any atom is -0.495 e. The lowest BCUT2D eigenvalue weighted by molar-refractivity contribution is -0.139. The van der Waals surface area contributed by atoms with E-state index in [1.165, 1.54) is 12.0 Å². The molecule has 0 heterocycles. The molecular weight excluding hydrogens is 466 g/mol. The molecule has 1 N–H and O–H groups in total. The first-order chi connectivity index (χ1) is 16.2. The standard InChI is InChI=1S/C26H37N3O5S/c1-19-13-14-23(34-6)22(17-19)29(35(7,32)33)18-24(30)28(16-15-21-11-9-8-10-12-21)20(2)25(31)27-26(3,4)5/h8-14,17,20H,15-16,18H2,1-7H3,(H,27,31)/t20-/m1/s1. The topological polar surface area (TPSA) is 96.0 Å².